The highest BCUT2D eigenvalue weighted by atomic mass is 32.2. The number of hydrogen-bond acceptors (Lipinski definition) is 5. The molecule has 2 aromatic rings. The lowest BCUT2D eigenvalue weighted by Gasteiger charge is -2.47. The molecule has 2 N–H and O–H groups in total. The van der Waals surface area contributed by atoms with Crippen molar-refractivity contribution in [3.63, 3.8) is 0 Å². The highest BCUT2D eigenvalue weighted by Crippen LogP contribution is 2.49. The lowest BCUT2D eigenvalue weighted by molar-refractivity contribution is 0.0134. The van der Waals surface area contributed by atoms with Gasteiger partial charge in [0, 0.05) is 41.7 Å². The van der Waals surface area contributed by atoms with Crippen molar-refractivity contribution < 1.29 is 9.84 Å². The summed E-state index contributed by atoms with van der Waals surface area (Å²) in [7, 11) is 0. The highest BCUT2D eigenvalue weighted by molar-refractivity contribution is 8.13. The van der Waals surface area contributed by atoms with Crippen LogP contribution in [0.15, 0.2) is 66.2 Å². The van der Waals surface area contributed by atoms with Crippen molar-refractivity contribution in [3.05, 3.63) is 72.3 Å². The number of hydrogen-bond donors (Lipinski definition) is 2. The maximum Gasteiger partial charge on any atom is 0.206 e. The van der Waals surface area contributed by atoms with E-state index in [0.717, 1.165) is 35.1 Å². The van der Waals surface area contributed by atoms with E-state index in [2.05, 4.69) is 50.0 Å². The van der Waals surface area contributed by atoms with E-state index in [1.54, 1.807) is 23.9 Å². The fraction of sp³-hybridized carbons (Fsp3) is 0.348. The van der Waals surface area contributed by atoms with Crippen LogP contribution in [0.25, 0.3) is 0 Å². The Hall–Kier alpha value is -2.40. The molecular weight excluding hydrogens is 368 g/mol. The number of aliphatic imine (C=N–C) groups is 1. The molecule has 28 heavy (non-hydrogen) atoms. The molecule has 2 aliphatic heterocycles. The Morgan fingerprint density at radius 1 is 1.29 bits per heavy atom. The van der Waals surface area contributed by atoms with Gasteiger partial charge >= 0.3 is 0 Å². The molecule has 2 aliphatic rings. The van der Waals surface area contributed by atoms with Gasteiger partial charge in [0.15, 0.2) is 5.17 Å². The first-order valence-electron chi connectivity index (χ1n) is 9.58. The molecule has 0 aliphatic carbocycles. The maximum absolute atomic E-state index is 10.1. The average Bonchev–Trinajstić information content (AvgIpc) is 2.64. The van der Waals surface area contributed by atoms with Crippen LogP contribution in [0.3, 0.4) is 0 Å². The van der Waals surface area contributed by atoms with E-state index >= 15 is 0 Å². The van der Waals surface area contributed by atoms with Crippen molar-refractivity contribution in [2.75, 3.05) is 5.75 Å². The number of benzene rings is 2. The van der Waals surface area contributed by atoms with Gasteiger partial charge in [-0.1, -0.05) is 54.2 Å². The van der Waals surface area contributed by atoms with Crippen molar-refractivity contribution in [3.8, 4) is 11.5 Å². The number of ether oxygens (including phenoxy) is 1. The molecule has 4 rings (SSSR count). The van der Waals surface area contributed by atoms with Crippen LogP contribution >= 0.6 is 11.8 Å². The number of thioether (sulfide) groups is 1. The molecule has 0 amide bonds. The van der Waals surface area contributed by atoms with Crippen LogP contribution in [0, 0.1) is 0 Å². The normalized spacial score (nSPS) is 25.2. The number of aromatic hydroxyl groups is 1. The smallest absolute Gasteiger partial charge is 0.206 e. The fourth-order valence-electron chi connectivity index (χ4n) is 4.22. The predicted molar refractivity (Wildman–Crippen MR) is 116 cm³/mol. The van der Waals surface area contributed by atoms with Crippen LogP contribution in [-0.2, 0) is 0 Å². The lowest BCUT2D eigenvalue weighted by Crippen LogP contribution is -2.57. The average molecular weight is 395 g/mol. The zero-order valence-electron chi connectivity index (χ0n) is 16.3. The molecule has 4 nitrogen and oxygen atoms in total. The highest BCUT2D eigenvalue weighted by Gasteiger charge is 2.48. The Balaban J connectivity index is 1.81. The summed E-state index contributed by atoms with van der Waals surface area (Å²) in [5.41, 5.74) is 1.52. The summed E-state index contributed by atoms with van der Waals surface area (Å²) in [6.07, 6.45) is 3.39. The third-order valence-corrected chi connectivity index (χ3v) is 6.07. The molecule has 0 aromatic heterocycles. The SMILES string of the molecule is C=CCSC1=NC2(CC(c3ccccc3)c3ccc(O)cc3O2)CC(C)(C)N1. The number of phenols is 1. The van der Waals surface area contributed by atoms with Gasteiger partial charge in [-0.05, 0) is 25.5 Å². The molecule has 0 bridgehead atoms. The monoisotopic (exact) mass is 394 g/mol. The first-order valence-corrected chi connectivity index (χ1v) is 10.6. The van der Waals surface area contributed by atoms with Crippen LogP contribution < -0.4 is 10.1 Å². The predicted octanol–water partition coefficient (Wildman–Crippen LogP) is 5.05. The fourth-order valence-corrected chi connectivity index (χ4v) is 5.07. The molecule has 0 fully saturated rings. The van der Waals surface area contributed by atoms with Gasteiger partial charge in [-0.25, -0.2) is 4.99 Å². The van der Waals surface area contributed by atoms with Crippen molar-refractivity contribution in [1.82, 2.24) is 5.32 Å². The van der Waals surface area contributed by atoms with Gasteiger partial charge in [0.05, 0.1) is 0 Å². The van der Waals surface area contributed by atoms with Crippen molar-refractivity contribution in [2.45, 2.75) is 43.9 Å². The molecule has 0 saturated heterocycles. The molecule has 2 unspecified atom stereocenters. The van der Waals surface area contributed by atoms with Gasteiger partial charge < -0.3 is 15.2 Å². The minimum absolute atomic E-state index is 0.152. The third-order valence-electron chi connectivity index (χ3n) is 5.20. The standard InChI is InChI=1S/C23H26N2O2S/c1-4-12-28-21-24-22(2,3)15-23(25-21)14-19(16-8-6-5-7-9-16)18-11-10-17(26)13-20(18)27-23/h4-11,13,19,26H,1,12,14-15H2,2-3H3,(H,24,25). The summed E-state index contributed by atoms with van der Waals surface area (Å²) in [5.74, 6) is 1.88. The second-order valence-electron chi connectivity index (χ2n) is 8.14. The molecule has 0 saturated carbocycles. The summed E-state index contributed by atoms with van der Waals surface area (Å²) >= 11 is 1.64. The number of phenolic OH excluding ortho intramolecular Hbond substituents is 1. The Bertz CT molecular complexity index is 910. The summed E-state index contributed by atoms with van der Waals surface area (Å²) in [4.78, 5) is 5.03. The Morgan fingerprint density at radius 2 is 2.07 bits per heavy atom. The van der Waals surface area contributed by atoms with Gasteiger partial charge in [-0.2, -0.15) is 0 Å². The van der Waals surface area contributed by atoms with E-state index in [9.17, 15) is 5.11 Å². The van der Waals surface area contributed by atoms with Crippen LogP contribution in [-0.4, -0.2) is 27.3 Å². The number of rotatable bonds is 3. The molecule has 146 valence electrons. The molecule has 5 heteroatoms. The van der Waals surface area contributed by atoms with E-state index in [1.807, 2.05) is 18.2 Å². The maximum atomic E-state index is 10.1. The first kappa shape index (κ1) is 18.9. The topological polar surface area (TPSA) is 53.9 Å². The van der Waals surface area contributed by atoms with Crippen molar-refractivity contribution in [1.29, 1.82) is 0 Å². The van der Waals surface area contributed by atoms with Gasteiger partial charge in [-0.3, -0.25) is 0 Å². The Morgan fingerprint density at radius 3 is 2.82 bits per heavy atom. The van der Waals surface area contributed by atoms with Gasteiger partial charge in [0.2, 0.25) is 5.72 Å². The largest absolute Gasteiger partial charge is 0.508 e. The second kappa shape index (κ2) is 7.21. The van der Waals surface area contributed by atoms with Gasteiger partial charge in [0.1, 0.15) is 11.5 Å². The summed E-state index contributed by atoms with van der Waals surface area (Å²) < 4.78 is 6.51. The summed E-state index contributed by atoms with van der Waals surface area (Å²) in [6.45, 7) is 8.17. The van der Waals surface area contributed by atoms with Crippen LogP contribution in [0.4, 0.5) is 0 Å². The lowest BCUT2D eigenvalue weighted by atomic mass is 9.78. The first-order chi connectivity index (χ1) is 13.4. The third kappa shape index (κ3) is 3.76. The molecule has 2 aromatic carbocycles. The number of nitrogens with zero attached hydrogens (tertiary/aromatic N) is 1. The van der Waals surface area contributed by atoms with E-state index < -0.39 is 5.72 Å². The van der Waals surface area contributed by atoms with E-state index in [1.165, 1.54) is 5.56 Å². The van der Waals surface area contributed by atoms with E-state index in [4.69, 9.17) is 9.73 Å². The van der Waals surface area contributed by atoms with Crippen molar-refractivity contribution in [2.24, 2.45) is 4.99 Å². The number of amidine groups is 1. The quantitative estimate of drug-likeness (QED) is 0.715. The Labute approximate surface area is 170 Å². The number of nitrogens with one attached hydrogen (secondary N) is 1. The van der Waals surface area contributed by atoms with Crippen LogP contribution in [0.5, 0.6) is 11.5 Å². The van der Waals surface area contributed by atoms with E-state index in [-0.39, 0.29) is 17.2 Å². The molecular formula is C23H26N2O2S. The zero-order valence-corrected chi connectivity index (χ0v) is 17.1. The van der Waals surface area contributed by atoms with Crippen LogP contribution in [0.2, 0.25) is 0 Å². The Kier molecular flexibility index (Phi) is 4.88. The molecule has 2 heterocycles. The molecule has 2 atom stereocenters. The summed E-state index contributed by atoms with van der Waals surface area (Å²) in [5, 5.41) is 14.5. The number of fused-ring (bicyclic) bond motifs is 1. The minimum atomic E-state index is -0.667. The second-order valence-corrected chi connectivity index (χ2v) is 9.15. The van der Waals surface area contributed by atoms with Crippen molar-refractivity contribution >= 4 is 16.9 Å². The van der Waals surface area contributed by atoms with Crippen LogP contribution in [0.1, 0.15) is 43.7 Å². The van der Waals surface area contributed by atoms with E-state index in [0.29, 0.717) is 0 Å². The zero-order chi connectivity index (χ0) is 19.8. The summed E-state index contributed by atoms with van der Waals surface area (Å²) in [6, 6.07) is 15.9. The molecule has 0 radical (unpaired) electrons. The van der Waals surface area contributed by atoms with Gasteiger partial charge in [-0.15, -0.1) is 6.58 Å². The minimum Gasteiger partial charge on any atom is -0.508 e. The molecule has 1 spiro atoms. The van der Waals surface area contributed by atoms with Gasteiger partial charge in [0.25, 0.3) is 0 Å².